The lowest BCUT2D eigenvalue weighted by atomic mass is 10.1. The van der Waals surface area contributed by atoms with E-state index < -0.39 is 12.1 Å². The van der Waals surface area contributed by atoms with Crippen molar-refractivity contribution < 1.29 is 18.3 Å². The van der Waals surface area contributed by atoms with Crippen LogP contribution in [-0.2, 0) is 11.8 Å². The van der Waals surface area contributed by atoms with E-state index in [1.165, 1.54) is 23.0 Å². The van der Waals surface area contributed by atoms with E-state index in [4.69, 9.17) is 9.15 Å². The molecule has 3 rings (SSSR count). The first-order valence-electron chi connectivity index (χ1n) is 7.83. The molecule has 0 aliphatic heterocycles. The van der Waals surface area contributed by atoms with E-state index in [9.17, 15) is 14.0 Å². The number of aryl methyl sites for hydroxylation is 2. The molecule has 0 saturated heterocycles. The third kappa shape index (κ3) is 3.05. The van der Waals surface area contributed by atoms with Gasteiger partial charge in [0.25, 0.3) is 5.56 Å². The maximum absolute atomic E-state index is 13.1. The Labute approximate surface area is 142 Å². The van der Waals surface area contributed by atoms with Crippen LogP contribution in [0.3, 0.4) is 0 Å². The van der Waals surface area contributed by atoms with Gasteiger partial charge >= 0.3 is 5.97 Å². The summed E-state index contributed by atoms with van der Waals surface area (Å²) >= 11 is 0. The molecule has 1 atom stereocenters. The summed E-state index contributed by atoms with van der Waals surface area (Å²) in [6.45, 7) is 3.43. The molecule has 0 aliphatic carbocycles. The molecule has 1 aromatic carbocycles. The fourth-order valence-corrected chi connectivity index (χ4v) is 2.69. The molecule has 130 valence electrons. The Morgan fingerprint density at radius 1 is 1.36 bits per heavy atom. The van der Waals surface area contributed by atoms with Crippen molar-refractivity contribution in [3.05, 3.63) is 63.7 Å². The summed E-state index contributed by atoms with van der Waals surface area (Å²) in [6.07, 6.45) is 1.27. The van der Waals surface area contributed by atoms with E-state index >= 15 is 0 Å². The summed E-state index contributed by atoms with van der Waals surface area (Å²) in [5, 5.41) is 0.0986. The summed E-state index contributed by atoms with van der Waals surface area (Å²) in [4.78, 5) is 29.0. The number of hydrogen-bond acceptors (Lipinski definition) is 5. The standard InChI is InChI=1S/C18H17FN2O4/c1-4-13(11-5-7-12(19)8-6-11)25-18(23)14-10(2)24-16-15(14)17(22)21(3)9-20-16/h5-9,13H,4H2,1-3H3. The number of aromatic nitrogens is 2. The SMILES string of the molecule is CCC(OC(=O)c1c(C)oc2ncn(C)c(=O)c12)c1ccc(F)cc1. The number of carbonyl (C=O) groups is 1. The number of benzene rings is 1. The Morgan fingerprint density at radius 2 is 2.04 bits per heavy atom. The predicted octanol–water partition coefficient (Wildman–Crippen LogP) is 3.28. The van der Waals surface area contributed by atoms with Crippen LogP contribution in [0, 0.1) is 12.7 Å². The van der Waals surface area contributed by atoms with Gasteiger partial charge in [0.2, 0.25) is 5.71 Å². The third-order valence-electron chi connectivity index (χ3n) is 4.01. The lowest BCUT2D eigenvalue weighted by molar-refractivity contribution is 0.0288. The molecule has 0 aliphatic rings. The fourth-order valence-electron chi connectivity index (χ4n) is 2.69. The first-order chi connectivity index (χ1) is 11.9. The minimum Gasteiger partial charge on any atom is -0.454 e. The fraction of sp³-hybridized carbons (Fsp3) is 0.278. The van der Waals surface area contributed by atoms with Crippen molar-refractivity contribution in [1.29, 1.82) is 0 Å². The van der Waals surface area contributed by atoms with Crippen LogP contribution in [0.15, 0.2) is 39.8 Å². The van der Waals surface area contributed by atoms with Crippen LogP contribution < -0.4 is 5.56 Å². The second kappa shape index (κ2) is 6.51. The van der Waals surface area contributed by atoms with Gasteiger partial charge in [-0.25, -0.2) is 14.2 Å². The lowest BCUT2D eigenvalue weighted by Crippen LogP contribution is -2.19. The average Bonchev–Trinajstić information content (AvgIpc) is 2.94. The molecule has 0 amide bonds. The number of ether oxygens (including phenoxy) is 1. The summed E-state index contributed by atoms with van der Waals surface area (Å²) in [7, 11) is 1.54. The zero-order valence-corrected chi connectivity index (χ0v) is 14.1. The van der Waals surface area contributed by atoms with Crippen LogP contribution in [0.5, 0.6) is 0 Å². The number of furan rings is 1. The van der Waals surface area contributed by atoms with Gasteiger partial charge in [-0.15, -0.1) is 0 Å². The second-order valence-electron chi connectivity index (χ2n) is 5.73. The molecular formula is C18H17FN2O4. The van der Waals surface area contributed by atoms with E-state index in [1.807, 2.05) is 6.92 Å². The van der Waals surface area contributed by atoms with Gasteiger partial charge in [-0.05, 0) is 31.0 Å². The van der Waals surface area contributed by atoms with Crippen molar-refractivity contribution in [3.63, 3.8) is 0 Å². The van der Waals surface area contributed by atoms with Crippen molar-refractivity contribution in [2.75, 3.05) is 0 Å². The van der Waals surface area contributed by atoms with E-state index in [2.05, 4.69) is 4.98 Å². The molecule has 0 spiro atoms. The summed E-state index contributed by atoms with van der Waals surface area (Å²) < 4.78 is 25.3. The summed E-state index contributed by atoms with van der Waals surface area (Å²) in [5.41, 5.74) is 0.462. The molecule has 7 heteroatoms. The first-order valence-corrected chi connectivity index (χ1v) is 7.83. The molecule has 0 bridgehead atoms. The molecule has 2 heterocycles. The first kappa shape index (κ1) is 16.9. The molecule has 3 aromatic rings. The smallest absolute Gasteiger partial charge is 0.343 e. The predicted molar refractivity (Wildman–Crippen MR) is 88.8 cm³/mol. The number of halogens is 1. The van der Waals surface area contributed by atoms with Crippen LogP contribution >= 0.6 is 0 Å². The van der Waals surface area contributed by atoms with Gasteiger partial charge in [0, 0.05) is 7.05 Å². The van der Waals surface area contributed by atoms with Crippen LogP contribution in [0.25, 0.3) is 11.1 Å². The Kier molecular flexibility index (Phi) is 4.39. The Hall–Kier alpha value is -2.96. The lowest BCUT2D eigenvalue weighted by Gasteiger charge is -2.16. The summed E-state index contributed by atoms with van der Waals surface area (Å²) in [6, 6.07) is 5.75. The van der Waals surface area contributed by atoms with Gasteiger partial charge in [-0.1, -0.05) is 19.1 Å². The van der Waals surface area contributed by atoms with E-state index in [0.29, 0.717) is 12.0 Å². The zero-order chi connectivity index (χ0) is 18.1. The van der Waals surface area contributed by atoms with Gasteiger partial charge in [-0.2, -0.15) is 0 Å². The number of esters is 1. The minimum atomic E-state index is -0.669. The molecule has 2 aromatic heterocycles. The molecular weight excluding hydrogens is 327 g/mol. The highest BCUT2D eigenvalue weighted by molar-refractivity contribution is 6.03. The van der Waals surface area contributed by atoms with Crippen LogP contribution in [0.1, 0.15) is 41.1 Å². The van der Waals surface area contributed by atoms with Crippen molar-refractivity contribution in [2.24, 2.45) is 7.05 Å². The molecule has 25 heavy (non-hydrogen) atoms. The highest BCUT2D eigenvalue weighted by Gasteiger charge is 2.26. The normalized spacial score (nSPS) is 12.3. The van der Waals surface area contributed by atoms with Crippen molar-refractivity contribution in [2.45, 2.75) is 26.4 Å². The molecule has 0 fully saturated rings. The Balaban J connectivity index is 1.99. The topological polar surface area (TPSA) is 74.3 Å². The van der Waals surface area contributed by atoms with Crippen LogP contribution in [0.4, 0.5) is 4.39 Å². The van der Waals surface area contributed by atoms with E-state index in [-0.39, 0.29) is 33.8 Å². The molecule has 0 saturated carbocycles. The maximum Gasteiger partial charge on any atom is 0.343 e. The maximum atomic E-state index is 13.1. The van der Waals surface area contributed by atoms with Crippen molar-refractivity contribution >= 4 is 17.1 Å². The molecule has 1 unspecified atom stereocenters. The third-order valence-corrected chi connectivity index (χ3v) is 4.01. The van der Waals surface area contributed by atoms with Crippen LogP contribution in [-0.4, -0.2) is 15.5 Å². The van der Waals surface area contributed by atoms with E-state index in [1.54, 1.807) is 26.1 Å². The highest BCUT2D eigenvalue weighted by atomic mass is 19.1. The Morgan fingerprint density at radius 3 is 2.68 bits per heavy atom. The number of rotatable bonds is 4. The molecule has 0 N–H and O–H groups in total. The number of hydrogen-bond donors (Lipinski definition) is 0. The summed E-state index contributed by atoms with van der Waals surface area (Å²) in [5.74, 6) is -0.765. The van der Waals surface area contributed by atoms with Gasteiger partial charge in [0.1, 0.15) is 35.0 Å². The van der Waals surface area contributed by atoms with Gasteiger partial charge < -0.3 is 13.7 Å². The quantitative estimate of drug-likeness (QED) is 0.679. The monoisotopic (exact) mass is 344 g/mol. The number of fused-ring (bicyclic) bond motifs is 1. The number of carbonyl (C=O) groups excluding carboxylic acids is 1. The number of nitrogens with zero attached hydrogens (tertiary/aromatic N) is 2. The van der Waals surface area contributed by atoms with Crippen LogP contribution in [0.2, 0.25) is 0 Å². The zero-order valence-electron chi connectivity index (χ0n) is 14.1. The second-order valence-corrected chi connectivity index (χ2v) is 5.73. The van der Waals surface area contributed by atoms with E-state index in [0.717, 1.165) is 0 Å². The largest absolute Gasteiger partial charge is 0.454 e. The average molecular weight is 344 g/mol. The molecule has 0 radical (unpaired) electrons. The highest BCUT2D eigenvalue weighted by Crippen LogP contribution is 2.27. The van der Waals surface area contributed by atoms with Crippen molar-refractivity contribution in [1.82, 2.24) is 9.55 Å². The van der Waals surface area contributed by atoms with Crippen molar-refractivity contribution in [3.8, 4) is 0 Å². The Bertz CT molecular complexity index is 989. The van der Waals surface area contributed by atoms with Gasteiger partial charge in [-0.3, -0.25) is 4.79 Å². The minimum absolute atomic E-state index is 0.0734. The van der Waals surface area contributed by atoms with Gasteiger partial charge in [0.15, 0.2) is 0 Å². The van der Waals surface area contributed by atoms with Gasteiger partial charge in [0.05, 0.1) is 0 Å². The molecule has 6 nitrogen and oxygen atoms in total.